The molecule has 0 fully saturated rings. The van der Waals surface area contributed by atoms with Crippen molar-refractivity contribution >= 4 is 35.9 Å². The Balaban J connectivity index is 0.00000576. The Morgan fingerprint density at radius 2 is 1.80 bits per heavy atom. The highest BCUT2D eigenvalue weighted by Crippen LogP contribution is 2.21. The van der Waals surface area contributed by atoms with Crippen molar-refractivity contribution in [1.29, 1.82) is 0 Å². The van der Waals surface area contributed by atoms with Crippen LogP contribution < -0.4 is 15.4 Å². The second-order valence-electron chi connectivity index (χ2n) is 5.77. The van der Waals surface area contributed by atoms with Crippen molar-refractivity contribution in [2.75, 3.05) is 34.4 Å². The maximum absolute atomic E-state index is 11.4. The highest BCUT2D eigenvalue weighted by Gasteiger charge is 2.13. The molecule has 0 aromatic heterocycles. The van der Waals surface area contributed by atoms with Gasteiger partial charge in [0.25, 0.3) is 0 Å². The van der Waals surface area contributed by atoms with Crippen LogP contribution in [0.25, 0.3) is 0 Å². The van der Waals surface area contributed by atoms with Crippen molar-refractivity contribution < 1.29 is 14.3 Å². The van der Waals surface area contributed by atoms with Gasteiger partial charge in [-0.05, 0) is 30.0 Å². The molecule has 0 aliphatic heterocycles. The molecule has 0 heterocycles. The van der Waals surface area contributed by atoms with Crippen molar-refractivity contribution in [3.63, 3.8) is 0 Å². The van der Waals surface area contributed by atoms with E-state index in [9.17, 15) is 4.79 Å². The molecule has 0 radical (unpaired) electrons. The first-order valence-electron chi connectivity index (χ1n) is 8.18. The van der Waals surface area contributed by atoms with Gasteiger partial charge in [0, 0.05) is 20.1 Å². The average Bonchev–Trinajstić information content (AvgIpc) is 2.63. The van der Waals surface area contributed by atoms with Gasteiger partial charge in [-0.25, -0.2) is 0 Å². The maximum Gasteiger partial charge on any atom is 0.310 e. The predicted molar refractivity (Wildman–Crippen MR) is 112 cm³/mol. The standard InChI is InChI=1S/C18H29N3O3.HI/c1-13(15-6-8-16(23-4)9-7-15)10-11-20-18(19-3)21-12-14(2)17(22)24-5;/h6-9,13-14H,10-12H2,1-5H3,(H2,19,20,21);1H. The van der Waals surface area contributed by atoms with Gasteiger partial charge >= 0.3 is 5.97 Å². The lowest BCUT2D eigenvalue weighted by Crippen LogP contribution is -2.41. The summed E-state index contributed by atoms with van der Waals surface area (Å²) in [6.45, 7) is 5.29. The Labute approximate surface area is 167 Å². The van der Waals surface area contributed by atoms with Crippen molar-refractivity contribution in [1.82, 2.24) is 10.6 Å². The third-order valence-corrected chi connectivity index (χ3v) is 3.96. The summed E-state index contributed by atoms with van der Waals surface area (Å²) < 4.78 is 9.89. The first-order valence-corrected chi connectivity index (χ1v) is 8.18. The lowest BCUT2D eigenvalue weighted by Gasteiger charge is -2.17. The summed E-state index contributed by atoms with van der Waals surface area (Å²) in [5, 5.41) is 6.40. The van der Waals surface area contributed by atoms with E-state index in [-0.39, 0.29) is 35.9 Å². The summed E-state index contributed by atoms with van der Waals surface area (Å²) >= 11 is 0. The van der Waals surface area contributed by atoms with Gasteiger partial charge in [-0.3, -0.25) is 9.79 Å². The summed E-state index contributed by atoms with van der Waals surface area (Å²) in [6, 6.07) is 8.14. The van der Waals surface area contributed by atoms with Crippen LogP contribution >= 0.6 is 24.0 Å². The van der Waals surface area contributed by atoms with Crippen LogP contribution in [0.2, 0.25) is 0 Å². The van der Waals surface area contributed by atoms with Crippen LogP contribution in [0.1, 0.15) is 31.7 Å². The Bertz CT molecular complexity index is 535. The molecule has 0 saturated carbocycles. The Kier molecular flexibility index (Phi) is 12.0. The second kappa shape index (κ2) is 12.8. The maximum atomic E-state index is 11.4. The molecule has 2 N–H and O–H groups in total. The molecular weight excluding hydrogens is 433 g/mol. The van der Waals surface area contributed by atoms with Crippen LogP contribution in [0.5, 0.6) is 5.75 Å². The third kappa shape index (κ3) is 8.42. The highest BCUT2D eigenvalue weighted by atomic mass is 127. The minimum atomic E-state index is -0.230. The highest BCUT2D eigenvalue weighted by molar-refractivity contribution is 14.0. The molecule has 0 saturated heterocycles. The zero-order valence-corrected chi connectivity index (χ0v) is 18.0. The fourth-order valence-corrected chi connectivity index (χ4v) is 2.26. The average molecular weight is 463 g/mol. The first kappa shape index (κ1) is 23.5. The molecule has 142 valence electrons. The summed E-state index contributed by atoms with van der Waals surface area (Å²) in [7, 11) is 4.78. The summed E-state index contributed by atoms with van der Waals surface area (Å²) in [6.07, 6.45) is 0.972. The van der Waals surface area contributed by atoms with Gasteiger partial charge in [0.05, 0.1) is 20.1 Å². The van der Waals surface area contributed by atoms with Gasteiger partial charge in [-0.15, -0.1) is 24.0 Å². The summed E-state index contributed by atoms with van der Waals surface area (Å²) in [5.41, 5.74) is 1.28. The summed E-state index contributed by atoms with van der Waals surface area (Å²) in [4.78, 5) is 15.6. The fraction of sp³-hybridized carbons (Fsp3) is 0.556. The van der Waals surface area contributed by atoms with E-state index in [0.29, 0.717) is 18.4 Å². The normalized spacial score (nSPS) is 13.2. The molecule has 0 aliphatic rings. The number of aliphatic imine (C=N–C) groups is 1. The molecule has 0 amide bonds. The van der Waals surface area contributed by atoms with Gasteiger partial charge in [-0.1, -0.05) is 26.0 Å². The molecule has 0 aliphatic carbocycles. The Hall–Kier alpha value is -1.51. The number of hydrogen-bond donors (Lipinski definition) is 2. The molecule has 0 spiro atoms. The van der Waals surface area contributed by atoms with Crippen LogP contribution in [-0.2, 0) is 9.53 Å². The van der Waals surface area contributed by atoms with Crippen LogP contribution in [0.3, 0.4) is 0 Å². The van der Waals surface area contributed by atoms with Gasteiger partial charge < -0.3 is 20.1 Å². The van der Waals surface area contributed by atoms with Crippen molar-refractivity contribution in [2.45, 2.75) is 26.2 Å². The van der Waals surface area contributed by atoms with Gasteiger partial charge in [0.15, 0.2) is 5.96 Å². The van der Waals surface area contributed by atoms with E-state index in [0.717, 1.165) is 18.7 Å². The number of carbonyl (C=O) groups is 1. The van der Waals surface area contributed by atoms with E-state index in [2.05, 4.69) is 34.7 Å². The number of benzene rings is 1. The molecule has 2 atom stereocenters. The van der Waals surface area contributed by atoms with Crippen LogP contribution in [0.4, 0.5) is 0 Å². The molecule has 1 rings (SSSR count). The van der Waals surface area contributed by atoms with E-state index in [1.165, 1.54) is 12.7 Å². The topological polar surface area (TPSA) is 72.0 Å². The van der Waals surface area contributed by atoms with E-state index in [1.54, 1.807) is 14.2 Å². The largest absolute Gasteiger partial charge is 0.497 e. The lowest BCUT2D eigenvalue weighted by atomic mass is 9.98. The van der Waals surface area contributed by atoms with Gasteiger partial charge in [0.2, 0.25) is 0 Å². The number of esters is 1. The van der Waals surface area contributed by atoms with Crippen LogP contribution in [0, 0.1) is 5.92 Å². The molecule has 2 unspecified atom stereocenters. The smallest absolute Gasteiger partial charge is 0.310 e. The predicted octanol–water partition coefficient (Wildman–Crippen LogP) is 2.78. The minimum Gasteiger partial charge on any atom is -0.497 e. The van der Waals surface area contributed by atoms with E-state index in [4.69, 9.17) is 9.47 Å². The van der Waals surface area contributed by atoms with E-state index >= 15 is 0 Å². The quantitative estimate of drug-likeness (QED) is 0.269. The van der Waals surface area contributed by atoms with E-state index in [1.807, 2.05) is 19.1 Å². The van der Waals surface area contributed by atoms with Crippen molar-refractivity contribution in [3.8, 4) is 5.75 Å². The SMILES string of the molecule is CN=C(NCCC(C)c1ccc(OC)cc1)NCC(C)C(=O)OC.I. The second-order valence-corrected chi connectivity index (χ2v) is 5.77. The number of rotatable bonds is 8. The molecule has 25 heavy (non-hydrogen) atoms. The van der Waals surface area contributed by atoms with E-state index < -0.39 is 0 Å². The number of halogens is 1. The first-order chi connectivity index (χ1) is 11.5. The third-order valence-electron chi connectivity index (χ3n) is 3.96. The monoisotopic (exact) mass is 463 g/mol. The zero-order valence-electron chi connectivity index (χ0n) is 15.7. The van der Waals surface area contributed by atoms with Crippen molar-refractivity contribution in [2.24, 2.45) is 10.9 Å². The molecule has 1 aromatic carbocycles. The minimum absolute atomic E-state index is 0. The Morgan fingerprint density at radius 1 is 1.16 bits per heavy atom. The number of nitrogens with one attached hydrogen (secondary N) is 2. The molecular formula is C18H30IN3O3. The van der Waals surface area contributed by atoms with Gasteiger partial charge in [-0.2, -0.15) is 0 Å². The van der Waals surface area contributed by atoms with Crippen molar-refractivity contribution in [3.05, 3.63) is 29.8 Å². The number of guanidine groups is 1. The number of methoxy groups -OCH3 is 2. The van der Waals surface area contributed by atoms with Crippen LogP contribution in [-0.4, -0.2) is 46.3 Å². The number of nitrogens with zero attached hydrogens (tertiary/aromatic N) is 1. The van der Waals surface area contributed by atoms with Crippen LogP contribution in [0.15, 0.2) is 29.3 Å². The fourth-order valence-electron chi connectivity index (χ4n) is 2.26. The molecule has 0 bridgehead atoms. The molecule has 7 heteroatoms. The molecule has 1 aromatic rings. The number of ether oxygens (including phenoxy) is 2. The number of carbonyl (C=O) groups excluding carboxylic acids is 1. The Morgan fingerprint density at radius 3 is 2.32 bits per heavy atom. The number of hydrogen-bond acceptors (Lipinski definition) is 4. The summed E-state index contributed by atoms with van der Waals surface area (Å²) in [5.74, 6) is 1.54. The van der Waals surface area contributed by atoms with Gasteiger partial charge in [0.1, 0.15) is 5.75 Å². The molecule has 6 nitrogen and oxygen atoms in total. The zero-order chi connectivity index (χ0) is 17.9. The lowest BCUT2D eigenvalue weighted by molar-refractivity contribution is -0.144.